The van der Waals surface area contributed by atoms with Crippen LogP contribution in [0, 0.1) is 11.3 Å². The van der Waals surface area contributed by atoms with Crippen molar-refractivity contribution in [2.24, 2.45) is 0 Å². The Bertz CT molecular complexity index is 390. The summed E-state index contributed by atoms with van der Waals surface area (Å²) in [7, 11) is 0. The van der Waals surface area contributed by atoms with Gasteiger partial charge in [0.25, 0.3) is 6.43 Å². The summed E-state index contributed by atoms with van der Waals surface area (Å²) in [4.78, 5) is 3.42. The van der Waals surface area contributed by atoms with Crippen LogP contribution in [0.1, 0.15) is 23.2 Å². The summed E-state index contributed by atoms with van der Waals surface area (Å²) in [5.41, 5.74) is 0.138. The Kier molecular flexibility index (Phi) is 3.78. The van der Waals surface area contributed by atoms with Crippen LogP contribution in [-0.4, -0.2) is 4.98 Å². The third kappa shape index (κ3) is 2.20. The minimum atomic E-state index is -2.68. The zero-order valence-electron chi connectivity index (χ0n) is 6.77. The predicted octanol–water partition coefficient (Wildman–Crippen LogP) is 3.44. The second-order valence-electron chi connectivity index (χ2n) is 2.42. The fraction of sp³-hybridized carbons (Fsp3) is 0.250. The molecule has 0 radical (unpaired) electrons. The second kappa shape index (κ2) is 4.67. The quantitative estimate of drug-likeness (QED) is 0.615. The molecule has 0 aliphatic heterocycles. The molecule has 0 spiro atoms. The number of halogens is 4. The summed E-state index contributed by atoms with van der Waals surface area (Å²) in [5.74, 6) is 0. The van der Waals surface area contributed by atoms with E-state index < -0.39 is 12.1 Å². The molecule has 0 saturated heterocycles. The largest absolute Gasteiger partial charge is 0.280 e. The van der Waals surface area contributed by atoms with Crippen molar-refractivity contribution < 1.29 is 8.78 Å². The zero-order chi connectivity index (χ0) is 10.7. The van der Waals surface area contributed by atoms with Gasteiger partial charge in [-0.25, -0.2) is 13.8 Å². The Hall–Kier alpha value is -0.730. The molecule has 0 fully saturated rings. The Morgan fingerprint density at radius 3 is 2.71 bits per heavy atom. The average Bonchev–Trinajstić information content (AvgIpc) is 2.16. The average molecular weight is 281 g/mol. The molecule has 0 unspecified atom stereocenters. The van der Waals surface area contributed by atoms with Gasteiger partial charge < -0.3 is 0 Å². The van der Waals surface area contributed by atoms with E-state index in [1.165, 1.54) is 6.07 Å². The van der Waals surface area contributed by atoms with Crippen molar-refractivity contribution in [3.05, 3.63) is 28.0 Å². The van der Waals surface area contributed by atoms with Gasteiger partial charge in [0.2, 0.25) is 0 Å². The molecule has 0 aromatic carbocycles. The highest BCUT2D eigenvalue weighted by Crippen LogP contribution is 2.25. The maximum absolute atomic E-state index is 12.3. The van der Waals surface area contributed by atoms with Gasteiger partial charge in [-0.3, -0.25) is 0 Å². The third-order valence-corrected chi connectivity index (χ3v) is 2.43. The monoisotopic (exact) mass is 280 g/mol. The number of hydrogen-bond acceptors (Lipinski definition) is 2. The van der Waals surface area contributed by atoms with Crippen LogP contribution in [0.5, 0.6) is 0 Å². The molecule has 0 amide bonds. The van der Waals surface area contributed by atoms with E-state index in [1.54, 1.807) is 0 Å². The van der Waals surface area contributed by atoms with E-state index in [0.29, 0.717) is 5.56 Å². The highest BCUT2D eigenvalue weighted by molar-refractivity contribution is 9.08. The molecule has 0 saturated carbocycles. The molecule has 0 aliphatic rings. The van der Waals surface area contributed by atoms with Gasteiger partial charge in [-0.05, 0) is 11.6 Å². The minimum Gasteiger partial charge on any atom is -0.234 e. The van der Waals surface area contributed by atoms with Gasteiger partial charge in [0.15, 0.2) is 0 Å². The van der Waals surface area contributed by atoms with Gasteiger partial charge in [-0.1, -0.05) is 27.5 Å². The van der Waals surface area contributed by atoms with Crippen LogP contribution in [0.4, 0.5) is 8.78 Å². The number of nitrogens with zero attached hydrogens (tertiary/aromatic N) is 2. The fourth-order valence-electron chi connectivity index (χ4n) is 0.920. The number of alkyl halides is 3. The van der Waals surface area contributed by atoms with Crippen LogP contribution in [0.3, 0.4) is 0 Å². The summed E-state index contributed by atoms with van der Waals surface area (Å²) in [6, 6.07) is 2.98. The first-order valence-electron chi connectivity index (χ1n) is 3.53. The molecule has 14 heavy (non-hydrogen) atoms. The van der Waals surface area contributed by atoms with Crippen molar-refractivity contribution in [3.63, 3.8) is 0 Å². The van der Waals surface area contributed by atoms with Crippen molar-refractivity contribution in [3.8, 4) is 6.07 Å². The smallest absolute Gasteiger partial charge is 0.234 e. The number of hydrogen-bond donors (Lipinski definition) is 0. The number of rotatable bonds is 2. The molecule has 0 N–H and O–H groups in total. The Labute approximate surface area is 92.6 Å². The molecule has 0 aliphatic carbocycles. The highest BCUT2D eigenvalue weighted by atomic mass is 79.9. The van der Waals surface area contributed by atoms with E-state index in [-0.39, 0.29) is 16.0 Å². The summed E-state index contributed by atoms with van der Waals surface area (Å²) in [5, 5.41) is 8.79. The second-order valence-corrected chi connectivity index (χ2v) is 3.34. The van der Waals surface area contributed by atoms with Gasteiger partial charge in [-0.2, -0.15) is 5.26 Å². The molecule has 1 aromatic rings. The van der Waals surface area contributed by atoms with E-state index in [9.17, 15) is 8.78 Å². The van der Waals surface area contributed by atoms with Crippen molar-refractivity contribution in [2.75, 3.05) is 0 Å². The van der Waals surface area contributed by atoms with E-state index in [1.807, 2.05) is 6.07 Å². The molecule has 74 valence electrons. The molecular weight excluding hydrogens is 277 g/mol. The zero-order valence-corrected chi connectivity index (χ0v) is 9.11. The Balaban J connectivity index is 3.33. The SMILES string of the molecule is N#Cc1c(CBr)cc(C(F)F)nc1Cl. The summed E-state index contributed by atoms with van der Waals surface area (Å²) in [6.07, 6.45) is -2.68. The van der Waals surface area contributed by atoms with Crippen LogP contribution in [0.2, 0.25) is 5.15 Å². The van der Waals surface area contributed by atoms with Gasteiger partial charge in [-0.15, -0.1) is 0 Å². The fourth-order valence-corrected chi connectivity index (χ4v) is 1.62. The van der Waals surface area contributed by atoms with Gasteiger partial charge in [0, 0.05) is 5.33 Å². The van der Waals surface area contributed by atoms with E-state index in [0.717, 1.165) is 0 Å². The highest BCUT2D eigenvalue weighted by Gasteiger charge is 2.15. The molecule has 1 heterocycles. The maximum atomic E-state index is 12.3. The maximum Gasteiger partial charge on any atom is 0.280 e. The van der Waals surface area contributed by atoms with Crippen molar-refractivity contribution in [1.82, 2.24) is 4.98 Å². The van der Waals surface area contributed by atoms with E-state index in [4.69, 9.17) is 16.9 Å². The predicted molar refractivity (Wildman–Crippen MR) is 51.6 cm³/mol. The van der Waals surface area contributed by atoms with Crippen LogP contribution in [-0.2, 0) is 5.33 Å². The van der Waals surface area contributed by atoms with E-state index in [2.05, 4.69) is 20.9 Å². The third-order valence-electron chi connectivity index (χ3n) is 1.56. The van der Waals surface area contributed by atoms with Crippen molar-refractivity contribution in [2.45, 2.75) is 11.8 Å². The summed E-state index contributed by atoms with van der Waals surface area (Å²) in [6.45, 7) is 0. The minimum absolute atomic E-state index is 0.132. The first kappa shape index (κ1) is 11.3. The molecule has 6 heteroatoms. The lowest BCUT2D eigenvalue weighted by Gasteiger charge is -2.05. The first-order chi connectivity index (χ1) is 6.60. The molecule has 1 rings (SSSR count). The van der Waals surface area contributed by atoms with Crippen LogP contribution < -0.4 is 0 Å². The normalized spacial score (nSPS) is 10.3. The Morgan fingerprint density at radius 2 is 2.29 bits per heavy atom. The van der Waals surface area contributed by atoms with Gasteiger partial charge in [0.1, 0.15) is 16.9 Å². The summed E-state index contributed by atoms with van der Waals surface area (Å²) < 4.78 is 24.6. The topological polar surface area (TPSA) is 36.7 Å². The van der Waals surface area contributed by atoms with Crippen LogP contribution in [0.15, 0.2) is 6.07 Å². The molecule has 1 aromatic heterocycles. The summed E-state index contributed by atoms with van der Waals surface area (Å²) >= 11 is 8.65. The molecule has 2 nitrogen and oxygen atoms in total. The van der Waals surface area contributed by atoms with Crippen molar-refractivity contribution >= 4 is 27.5 Å². The van der Waals surface area contributed by atoms with Gasteiger partial charge >= 0.3 is 0 Å². The molecule has 0 atom stereocenters. The Morgan fingerprint density at radius 1 is 1.64 bits per heavy atom. The number of nitriles is 1. The lowest BCUT2D eigenvalue weighted by Crippen LogP contribution is -1.97. The number of aromatic nitrogens is 1. The molecular formula is C8H4BrClF2N2. The lowest BCUT2D eigenvalue weighted by molar-refractivity contribution is 0.146. The van der Waals surface area contributed by atoms with E-state index >= 15 is 0 Å². The first-order valence-corrected chi connectivity index (χ1v) is 5.03. The molecule has 0 bridgehead atoms. The van der Waals surface area contributed by atoms with Crippen molar-refractivity contribution in [1.29, 1.82) is 5.26 Å². The van der Waals surface area contributed by atoms with Gasteiger partial charge in [0.05, 0.1) is 5.56 Å². The lowest BCUT2D eigenvalue weighted by atomic mass is 10.1. The number of pyridine rings is 1. The van der Waals surface area contributed by atoms with Crippen LogP contribution >= 0.6 is 27.5 Å². The standard InChI is InChI=1S/C8H4BrClF2N2/c9-2-4-1-6(8(11)12)14-7(10)5(4)3-13/h1,8H,2H2. The van der Waals surface area contributed by atoms with Crippen LogP contribution in [0.25, 0.3) is 0 Å².